The Labute approximate surface area is 229 Å². The summed E-state index contributed by atoms with van der Waals surface area (Å²) in [5.74, 6) is 0.0793. The fourth-order valence-electron chi connectivity index (χ4n) is 5.04. The van der Waals surface area contributed by atoms with E-state index in [2.05, 4.69) is 11.4 Å². The van der Waals surface area contributed by atoms with Gasteiger partial charge in [0.2, 0.25) is 11.8 Å². The van der Waals surface area contributed by atoms with Gasteiger partial charge in [-0.05, 0) is 61.7 Å². The number of aromatic nitrogens is 2. The molecule has 0 aliphatic heterocycles. The molecule has 0 bridgehead atoms. The summed E-state index contributed by atoms with van der Waals surface area (Å²) in [5.41, 5.74) is 6.80. The molecule has 1 amide bonds. The first kappa shape index (κ1) is 26.2. The summed E-state index contributed by atoms with van der Waals surface area (Å²) in [6.07, 6.45) is 4.11. The van der Waals surface area contributed by atoms with Gasteiger partial charge in [0.1, 0.15) is 5.69 Å². The van der Waals surface area contributed by atoms with E-state index in [-0.39, 0.29) is 11.8 Å². The lowest BCUT2D eigenvalue weighted by Crippen LogP contribution is -2.20. The zero-order chi connectivity index (χ0) is 27.5. The molecule has 1 aromatic heterocycles. The van der Waals surface area contributed by atoms with Crippen LogP contribution in [-0.4, -0.2) is 35.8 Å². The number of nitrogens with one attached hydrogen (secondary N) is 1. The number of carbonyl (C=O) groups excluding carboxylic acids is 2. The Bertz CT molecular complexity index is 1480. The average molecular weight is 523 g/mol. The number of esters is 1. The monoisotopic (exact) mass is 522 g/mol. The highest BCUT2D eigenvalue weighted by atomic mass is 16.5. The van der Waals surface area contributed by atoms with Crippen molar-refractivity contribution in [2.75, 3.05) is 24.3 Å². The van der Waals surface area contributed by atoms with Crippen molar-refractivity contribution in [3.8, 4) is 34.0 Å². The van der Waals surface area contributed by atoms with Crippen LogP contribution >= 0.6 is 0 Å². The van der Waals surface area contributed by atoms with Crippen LogP contribution in [0.2, 0.25) is 0 Å². The van der Waals surface area contributed by atoms with Crippen molar-refractivity contribution < 1.29 is 14.3 Å². The highest BCUT2D eigenvalue weighted by Crippen LogP contribution is 2.42. The Kier molecular flexibility index (Phi) is 7.50. The molecule has 0 spiro atoms. The molecule has 1 N–H and O–H groups in total. The van der Waals surface area contributed by atoms with Gasteiger partial charge in [-0.15, -0.1) is 0 Å². The van der Waals surface area contributed by atoms with Crippen LogP contribution in [0.3, 0.4) is 0 Å². The van der Waals surface area contributed by atoms with Gasteiger partial charge in [-0.25, -0.2) is 0 Å². The smallest absolute Gasteiger partial charge is 0.309 e. The van der Waals surface area contributed by atoms with Crippen molar-refractivity contribution in [3.05, 3.63) is 78.4 Å². The maximum absolute atomic E-state index is 12.7. The predicted molar refractivity (Wildman–Crippen MR) is 155 cm³/mol. The molecule has 1 saturated carbocycles. The van der Waals surface area contributed by atoms with Crippen molar-refractivity contribution in [3.63, 3.8) is 0 Å². The fourth-order valence-corrected chi connectivity index (χ4v) is 5.04. The number of amides is 1. The Balaban J connectivity index is 1.63. The molecule has 4 aromatic rings. The highest BCUT2D eigenvalue weighted by Gasteiger charge is 2.26. The van der Waals surface area contributed by atoms with Gasteiger partial charge in [0.25, 0.3) is 0 Å². The normalized spacial score (nSPS) is 13.3. The van der Waals surface area contributed by atoms with Gasteiger partial charge >= 0.3 is 5.97 Å². The lowest BCUT2D eigenvalue weighted by molar-refractivity contribution is -0.132. The third kappa shape index (κ3) is 5.72. The first-order chi connectivity index (χ1) is 18.8. The Morgan fingerprint density at radius 3 is 2.28 bits per heavy atom. The number of nitrogens with zero attached hydrogens (tertiary/aromatic N) is 3. The second-order valence-electron chi connectivity index (χ2n) is 10.4. The molecule has 7 nitrogen and oxygen atoms in total. The van der Waals surface area contributed by atoms with Crippen LogP contribution in [0.5, 0.6) is 5.88 Å². The van der Waals surface area contributed by atoms with Crippen molar-refractivity contribution in [2.24, 2.45) is 5.92 Å². The molecule has 0 unspecified atom stereocenters. The minimum absolute atomic E-state index is 0.0780. The third-order valence-corrected chi connectivity index (χ3v) is 7.17. The van der Waals surface area contributed by atoms with Crippen molar-refractivity contribution >= 4 is 23.3 Å². The molecule has 0 saturated heterocycles. The van der Waals surface area contributed by atoms with Crippen LogP contribution in [0.4, 0.5) is 11.4 Å². The van der Waals surface area contributed by atoms with Crippen molar-refractivity contribution in [1.29, 1.82) is 0 Å². The van der Waals surface area contributed by atoms with Crippen LogP contribution in [0.1, 0.15) is 38.2 Å². The topological polar surface area (TPSA) is 76.5 Å². The van der Waals surface area contributed by atoms with E-state index < -0.39 is 5.97 Å². The van der Waals surface area contributed by atoms with E-state index in [0.717, 1.165) is 59.4 Å². The van der Waals surface area contributed by atoms with Crippen molar-refractivity contribution in [2.45, 2.75) is 39.5 Å². The number of benzene rings is 3. The van der Waals surface area contributed by atoms with Gasteiger partial charge in [0.15, 0.2) is 0 Å². The second kappa shape index (κ2) is 11.2. The number of hydrogen-bond acceptors (Lipinski definition) is 5. The van der Waals surface area contributed by atoms with Gasteiger partial charge in [0.05, 0.1) is 11.3 Å². The zero-order valence-corrected chi connectivity index (χ0v) is 22.9. The van der Waals surface area contributed by atoms with E-state index in [4.69, 9.17) is 9.84 Å². The lowest BCUT2D eigenvalue weighted by Gasteiger charge is -2.14. The lowest BCUT2D eigenvalue weighted by atomic mass is 10.00. The molecule has 0 radical (unpaired) electrons. The van der Waals surface area contributed by atoms with Gasteiger partial charge in [0, 0.05) is 43.9 Å². The minimum Gasteiger partial charge on any atom is -0.407 e. The molecular weight excluding hydrogens is 488 g/mol. The van der Waals surface area contributed by atoms with Gasteiger partial charge in [-0.3, -0.25) is 9.59 Å². The maximum Gasteiger partial charge on any atom is 0.309 e. The summed E-state index contributed by atoms with van der Waals surface area (Å²) < 4.78 is 7.52. The van der Waals surface area contributed by atoms with Crippen LogP contribution in [0.25, 0.3) is 28.1 Å². The molecule has 1 fully saturated rings. The first-order valence-corrected chi connectivity index (χ1v) is 13.4. The van der Waals surface area contributed by atoms with E-state index in [1.165, 1.54) is 6.92 Å². The molecule has 1 heterocycles. The maximum atomic E-state index is 12.7. The van der Waals surface area contributed by atoms with E-state index >= 15 is 0 Å². The van der Waals surface area contributed by atoms with E-state index in [9.17, 15) is 9.59 Å². The zero-order valence-electron chi connectivity index (χ0n) is 22.9. The SMILES string of the molecule is CC(=O)Oc1c(-c2ccc(NC(=O)C3CCCC3)cc2)c(-c2cccc(N(C)C)c2)nn1-c1ccc(C)cc1. The summed E-state index contributed by atoms with van der Waals surface area (Å²) in [7, 11) is 3.99. The standard InChI is InChI=1S/C32H34N4O3/c1-21-12-18-27(19-13-21)36-32(39-22(2)37)29(30(34-36)25-10-7-11-28(20-25)35(3)4)23-14-16-26(17-15-23)33-31(38)24-8-5-6-9-24/h7,10-20,24H,5-6,8-9H2,1-4H3,(H,33,38). The first-order valence-electron chi connectivity index (χ1n) is 13.4. The summed E-state index contributed by atoms with van der Waals surface area (Å²) in [6, 6.07) is 23.7. The molecule has 200 valence electrons. The molecule has 3 aromatic carbocycles. The number of aryl methyl sites for hydroxylation is 1. The van der Waals surface area contributed by atoms with Crippen LogP contribution in [0, 0.1) is 12.8 Å². The van der Waals surface area contributed by atoms with Crippen molar-refractivity contribution in [1.82, 2.24) is 9.78 Å². The molecule has 7 heteroatoms. The Morgan fingerprint density at radius 1 is 0.949 bits per heavy atom. The average Bonchev–Trinajstić information content (AvgIpc) is 3.59. The predicted octanol–water partition coefficient (Wildman–Crippen LogP) is 6.63. The number of rotatable bonds is 7. The van der Waals surface area contributed by atoms with Crippen LogP contribution in [0.15, 0.2) is 72.8 Å². The highest BCUT2D eigenvalue weighted by molar-refractivity contribution is 5.94. The summed E-state index contributed by atoms with van der Waals surface area (Å²) in [5, 5.41) is 8.05. The van der Waals surface area contributed by atoms with E-state index in [1.807, 2.05) is 92.6 Å². The van der Waals surface area contributed by atoms with Gasteiger partial charge < -0.3 is 15.0 Å². The van der Waals surface area contributed by atoms with E-state index in [1.54, 1.807) is 4.68 Å². The second-order valence-corrected chi connectivity index (χ2v) is 10.4. The van der Waals surface area contributed by atoms with E-state index in [0.29, 0.717) is 17.1 Å². The largest absolute Gasteiger partial charge is 0.407 e. The molecule has 0 atom stereocenters. The molecule has 39 heavy (non-hydrogen) atoms. The number of carbonyl (C=O) groups is 2. The number of anilines is 2. The number of ether oxygens (including phenoxy) is 1. The Hall–Kier alpha value is -4.39. The molecule has 1 aliphatic carbocycles. The molecule has 1 aliphatic rings. The Morgan fingerprint density at radius 2 is 1.64 bits per heavy atom. The number of hydrogen-bond donors (Lipinski definition) is 1. The quantitative estimate of drug-likeness (QED) is 0.276. The van der Waals surface area contributed by atoms with Crippen LogP contribution < -0.4 is 15.0 Å². The summed E-state index contributed by atoms with van der Waals surface area (Å²) in [4.78, 5) is 27.0. The molecular formula is C32H34N4O3. The van der Waals surface area contributed by atoms with Crippen LogP contribution in [-0.2, 0) is 9.59 Å². The molecule has 5 rings (SSSR count). The third-order valence-electron chi connectivity index (χ3n) is 7.17. The van der Waals surface area contributed by atoms with Gasteiger partial charge in [-0.2, -0.15) is 9.78 Å². The summed E-state index contributed by atoms with van der Waals surface area (Å²) >= 11 is 0. The fraction of sp³-hybridized carbons (Fsp3) is 0.281. The van der Waals surface area contributed by atoms with Gasteiger partial charge in [-0.1, -0.05) is 54.8 Å². The summed E-state index contributed by atoms with van der Waals surface area (Å²) in [6.45, 7) is 3.42. The minimum atomic E-state index is -0.432.